The van der Waals surface area contributed by atoms with Gasteiger partial charge in [-0.3, -0.25) is 4.79 Å². The summed E-state index contributed by atoms with van der Waals surface area (Å²) in [4.78, 5) is 23.8. The average molecular weight is 347 g/mol. The SMILES string of the molecule is O=C(Nc1cc(COc2ccccc2)ccc1C(=O)O)c1ccccc1. The maximum atomic E-state index is 12.3. The van der Waals surface area contributed by atoms with E-state index < -0.39 is 5.97 Å². The first-order chi connectivity index (χ1) is 12.6. The number of carbonyl (C=O) groups is 2. The van der Waals surface area contributed by atoms with Crippen molar-refractivity contribution >= 4 is 17.6 Å². The van der Waals surface area contributed by atoms with Gasteiger partial charge >= 0.3 is 5.97 Å². The van der Waals surface area contributed by atoms with Gasteiger partial charge in [-0.1, -0.05) is 42.5 Å². The van der Waals surface area contributed by atoms with Crippen molar-refractivity contribution in [2.45, 2.75) is 6.61 Å². The summed E-state index contributed by atoms with van der Waals surface area (Å²) < 4.78 is 5.68. The molecule has 5 heteroatoms. The van der Waals surface area contributed by atoms with Gasteiger partial charge in [0, 0.05) is 5.56 Å². The van der Waals surface area contributed by atoms with Crippen LogP contribution in [0.4, 0.5) is 5.69 Å². The summed E-state index contributed by atoms with van der Waals surface area (Å²) in [5, 5.41) is 12.0. The second-order valence-electron chi connectivity index (χ2n) is 5.61. The molecule has 1 amide bonds. The highest BCUT2D eigenvalue weighted by Crippen LogP contribution is 2.21. The first-order valence-electron chi connectivity index (χ1n) is 8.04. The molecular weight excluding hydrogens is 330 g/mol. The standard InChI is InChI=1S/C21H17NO4/c23-20(16-7-3-1-4-8-16)22-19-13-15(11-12-18(19)21(24)25)14-26-17-9-5-2-6-10-17/h1-13H,14H2,(H,22,23)(H,24,25). The Labute approximate surface area is 150 Å². The Morgan fingerprint density at radius 3 is 2.19 bits per heavy atom. The van der Waals surface area contributed by atoms with E-state index in [1.54, 1.807) is 42.5 Å². The summed E-state index contributed by atoms with van der Waals surface area (Å²) >= 11 is 0. The van der Waals surface area contributed by atoms with Crippen LogP contribution in [-0.2, 0) is 6.61 Å². The number of carboxylic acids is 1. The third-order valence-electron chi connectivity index (χ3n) is 3.75. The molecule has 0 radical (unpaired) electrons. The van der Waals surface area contributed by atoms with Gasteiger partial charge in [-0.2, -0.15) is 0 Å². The molecular formula is C21H17NO4. The highest BCUT2D eigenvalue weighted by molar-refractivity contribution is 6.07. The van der Waals surface area contributed by atoms with Crippen LogP contribution < -0.4 is 10.1 Å². The monoisotopic (exact) mass is 347 g/mol. The molecule has 0 fully saturated rings. The zero-order valence-electron chi connectivity index (χ0n) is 13.9. The Morgan fingerprint density at radius 1 is 0.885 bits per heavy atom. The van der Waals surface area contributed by atoms with Crippen molar-refractivity contribution in [2.75, 3.05) is 5.32 Å². The second-order valence-corrected chi connectivity index (χ2v) is 5.61. The first kappa shape index (κ1) is 17.2. The van der Waals surface area contributed by atoms with E-state index in [0.29, 0.717) is 11.3 Å². The van der Waals surface area contributed by atoms with Gasteiger partial charge < -0.3 is 15.2 Å². The number of hydrogen-bond donors (Lipinski definition) is 2. The first-order valence-corrected chi connectivity index (χ1v) is 8.04. The highest BCUT2D eigenvalue weighted by Gasteiger charge is 2.14. The highest BCUT2D eigenvalue weighted by atomic mass is 16.5. The number of rotatable bonds is 6. The fourth-order valence-corrected chi connectivity index (χ4v) is 2.44. The Bertz CT molecular complexity index is 908. The van der Waals surface area contributed by atoms with E-state index in [-0.39, 0.29) is 23.8 Å². The molecule has 26 heavy (non-hydrogen) atoms. The molecule has 0 saturated carbocycles. The molecule has 3 aromatic rings. The molecule has 0 saturated heterocycles. The fourth-order valence-electron chi connectivity index (χ4n) is 2.44. The van der Waals surface area contributed by atoms with Crippen LogP contribution in [0, 0.1) is 0 Å². The molecule has 0 spiro atoms. The van der Waals surface area contributed by atoms with Crippen molar-refractivity contribution in [3.8, 4) is 5.75 Å². The lowest BCUT2D eigenvalue weighted by Gasteiger charge is -2.12. The Balaban J connectivity index is 1.80. The summed E-state index contributed by atoms with van der Waals surface area (Å²) in [7, 11) is 0. The zero-order chi connectivity index (χ0) is 18.4. The predicted molar refractivity (Wildman–Crippen MR) is 98.6 cm³/mol. The minimum atomic E-state index is -1.11. The normalized spacial score (nSPS) is 10.2. The van der Waals surface area contributed by atoms with E-state index in [9.17, 15) is 14.7 Å². The quantitative estimate of drug-likeness (QED) is 0.700. The van der Waals surface area contributed by atoms with Gasteiger partial charge in [-0.05, 0) is 42.0 Å². The molecule has 0 heterocycles. The van der Waals surface area contributed by atoms with Crippen LogP contribution in [-0.4, -0.2) is 17.0 Å². The van der Waals surface area contributed by atoms with Crippen molar-refractivity contribution in [3.05, 3.63) is 95.6 Å². The summed E-state index contributed by atoms with van der Waals surface area (Å²) in [5.41, 5.74) is 1.47. The van der Waals surface area contributed by atoms with Crippen LogP contribution >= 0.6 is 0 Å². The third kappa shape index (κ3) is 4.27. The minimum absolute atomic E-state index is 0.0257. The molecule has 130 valence electrons. The molecule has 0 aliphatic rings. The molecule has 0 aliphatic heterocycles. The van der Waals surface area contributed by atoms with E-state index in [4.69, 9.17) is 4.74 Å². The maximum Gasteiger partial charge on any atom is 0.337 e. The number of benzene rings is 3. The zero-order valence-corrected chi connectivity index (χ0v) is 13.9. The number of carboxylic acid groups (broad SMARTS) is 1. The van der Waals surface area contributed by atoms with Crippen LogP contribution in [0.3, 0.4) is 0 Å². The number of hydrogen-bond acceptors (Lipinski definition) is 3. The lowest BCUT2D eigenvalue weighted by Crippen LogP contribution is -2.15. The van der Waals surface area contributed by atoms with Crippen LogP contribution in [0.15, 0.2) is 78.9 Å². The molecule has 3 rings (SSSR count). The van der Waals surface area contributed by atoms with Crippen molar-refractivity contribution in [3.63, 3.8) is 0 Å². The number of ether oxygens (including phenoxy) is 1. The van der Waals surface area contributed by atoms with E-state index in [0.717, 1.165) is 5.56 Å². The summed E-state index contributed by atoms with van der Waals surface area (Å²) in [6.07, 6.45) is 0. The van der Waals surface area contributed by atoms with Gasteiger partial charge in [-0.15, -0.1) is 0 Å². The molecule has 0 bridgehead atoms. The van der Waals surface area contributed by atoms with Crippen LogP contribution in [0.2, 0.25) is 0 Å². The number of anilines is 1. The molecule has 0 atom stereocenters. The molecule has 3 aromatic carbocycles. The lowest BCUT2D eigenvalue weighted by atomic mass is 10.1. The number of carbonyl (C=O) groups excluding carboxylic acids is 1. The van der Waals surface area contributed by atoms with Crippen LogP contribution in [0.1, 0.15) is 26.3 Å². The Hall–Kier alpha value is -3.60. The fraction of sp³-hybridized carbons (Fsp3) is 0.0476. The predicted octanol–water partition coefficient (Wildman–Crippen LogP) is 4.22. The van der Waals surface area contributed by atoms with Crippen molar-refractivity contribution in [1.29, 1.82) is 0 Å². The number of aromatic carboxylic acids is 1. The Morgan fingerprint density at radius 2 is 1.54 bits per heavy atom. The second kappa shape index (κ2) is 7.98. The van der Waals surface area contributed by atoms with Gasteiger partial charge in [0.15, 0.2) is 0 Å². The average Bonchev–Trinajstić information content (AvgIpc) is 2.68. The van der Waals surface area contributed by atoms with Crippen LogP contribution in [0.25, 0.3) is 0 Å². The molecule has 0 unspecified atom stereocenters. The third-order valence-corrected chi connectivity index (χ3v) is 3.75. The van der Waals surface area contributed by atoms with Crippen molar-refractivity contribution < 1.29 is 19.4 Å². The Kier molecular flexibility index (Phi) is 5.29. The van der Waals surface area contributed by atoms with Crippen molar-refractivity contribution in [2.24, 2.45) is 0 Å². The van der Waals surface area contributed by atoms with Gasteiger partial charge in [0.25, 0.3) is 5.91 Å². The summed E-state index contributed by atoms with van der Waals surface area (Å²) in [6.45, 7) is 0.262. The van der Waals surface area contributed by atoms with Gasteiger partial charge in [0.2, 0.25) is 0 Å². The summed E-state index contributed by atoms with van der Waals surface area (Å²) in [6, 6.07) is 22.7. The van der Waals surface area contributed by atoms with Gasteiger partial charge in [0.05, 0.1) is 11.3 Å². The number of nitrogens with one attached hydrogen (secondary N) is 1. The van der Waals surface area contributed by atoms with E-state index in [2.05, 4.69) is 5.32 Å². The molecule has 5 nitrogen and oxygen atoms in total. The number of amides is 1. The van der Waals surface area contributed by atoms with Crippen LogP contribution in [0.5, 0.6) is 5.75 Å². The van der Waals surface area contributed by atoms with Gasteiger partial charge in [-0.25, -0.2) is 4.79 Å². The topological polar surface area (TPSA) is 75.6 Å². The lowest BCUT2D eigenvalue weighted by molar-refractivity contribution is 0.0698. The van der Waals surface area contributed by atoms with E-state index in [1.807, 2.05) is 30.3 Å². The van der Waals surface area contributed by atoms with Crippen molar-refractivity contribution in [1.82, 2.24) is 0 Å². The minimum Gasteiger partial charge on any atom is -0.489 e. The van der Waals surface area contributed by atoms with E-state index in [1.165, 1.54) is 6.07 Å². The van der Waals surface area contributed by atoms with E-state index >= 15 is 0 Å². The molecule has 0 aliphatic carbocycles. The van der Waals surface area contributed by atoms with Gasteiger partial charge in [0.1, 0.15) is 12.4 Å². The summed E-state index contributed by atoms with van der Waals surface area (Å²) in [5.74, 6) is -0.761. The molecule has 2 N–H and O–H groups in total. The smallest absolute Gasteiger partial charge is 0.337 e. The largest absolute Gasteiger partial charge is 0.489 e. The maximum absolute atomic E-state index is 12.3. The number of para-hydroxylation sites is 1. The molecule has 0 aromatic heterocycles.